The Hall–Kier alpha value is -0.430. The van der Waals surface area contributed by atoms with Crippen LogP contribution in [0.3, 0.4) is 0 Å². The van der Waals surface area contributed by atoms with Gasteiger partial charge >= 0.3 is 10.1 Å². The van der Waals surface area contributed by atoms with E-state index in [9.17, 15) is 22.8 Å². The number of benzene rings is 1. The van der Waals surface area contributed by atoms with E-state index in [-0.39, 0.29) is 31.2 Å². The van der Waals surface area contributed by atoms with Crippen LogP contribution in [0, 0.1) is 11.3 Å². The highest BCUT2D eigenvalue weighted by Crippen LogP contribution is 2.46. The van der Waals surface area contributed by atoms with Crippen LogP contribution in [-0.2, 0) is 6.18 Å². The van der Waals surface area contributed by atoms with Gasteiger partial charge in [-0.25, -0.2) is 0 Å². The van der Waals surface area contributed by atoms with Crippen molar-refractivity contribution in [3.8, 4) is 11.8 Å². The summed E-state index contributed by atoms with van der Waals surface area (Å²) >= 11 is 24.1. The summed E-state index contributed by atoms with van der Waals surface area (Å²) in [7, 11) is 0. The van der Waals surface area contributed by atoms with Crippen LogP contribution in [-0.4, -0.2) is 14.7 Å². The monoisotopic (exact) mass is 482 g/mol. The van der Waals surface area contributed by atoms with Crippen molar-refractivity contribution >= 4 is 69.9 Å². The summed E-state index contributed by atoms with van der Waals surface area (Å²) in [6.45, 7) is 0. The van der Waals surface area contributed by atoms with E-state index in [1.165, 1.54) is 10.8 Å². The van der Waals surface area contributed by atoms with E-state index in [0.29, 0.717) is 11.8 Å². The van der Waals surface area contributed by atoms with Gasteiger partial charge in [0.05, 0.1) is 21.2 Å². The summed E-state index contributed by atoms with van der Waals surface area (Å²) in [5.74, 6) is 0. The van der Waals surface area contributed by atoms with Gasteiger partial charge in [0.1, 0.15) is 16.8 Å². The molecule has 0 unspecified atom stereocenters. The van der Waals surface area contributed by atoms with Gasteiger partial charge in [0.15, 0.2) is 0 Å². The molecule has 0 aliphatic heterocycles. The Bertz CT molecular complexity index is 885. The molecule has 26 heavy (non-hydrogen) atoms. The molecule has 1 aromatic carbocycles. The maximum atomic E-state index is 13.5. The van der Waals surface area contributed by atoms with Crippen molar-refractivity contribution in [3.63, 3.8) is 0 Å². The minimum absolute atomic E-state index is 0.00742. The molecule has 12 heteroatoms. The first-order chi connectivity index (χ1) is 11.9. The van der Waals surface area contributed by atoms with E-state index >= 15 is 0 Å². The lowest BCUT2D eigenvalue weighted by molar-refractivity contribution is -0.137. The van der Waals surface area contributed by atoms with Crippen LogP contribution in [0.2, 0.25) is 10.2 Å². The summed E-state index contributed by atoms with van der Waals surface area (Å²) in [5.41, 5.74) is -0.949. The molecule has 0 bridgehead atoms. The maximum absolute atomic E-state index is 13.5. The van der Waals surface area contributed by atoms with E-state index in [1.54, 1.807) is 12.3 Å². The molecule has 140 valence electrons. The highest BCUT2D eigenvalue weighted by atomic mass is 35.5. The number of aromatic nitrogens is 1. The second-order valence-corrected chi connectivity index (χ2v) is 9.20. The normalized spacial score (nSPS) is 12.3. The summed E-state index contributed by atoms with van der Waals surface area (Å²) in [5, 5.41) is 8.84. The first kappa shape index (κ1) is 21.9. The zero-order chi connectivity index (χ0) is 19.9. The largest absolute Gasteiger partial charge is 0.416 e. The second kappa shape index (κ2) is 7.90. The molecule has 1 heterocycles. The quantitative estimate of drug-likeness (QED) is 0.255. The van der Waals surface area contributed by atoms with E-state index in [1.807, 2.05) is 0 Å². The van der Waals surface area contributed by atoms with Crippen LogP contribution in [0.5, 0.6) is 0 Å². The summed E-state index contributed by atoms with van der Waals surface area (Å²) in [6.07, 6.45) is -1.80. The molecule has 0 N–H and O–H groups in total. The lowest BCUT2D eigenvalue weighted by Gasteiger charge is -2.16. The summed E-state index contributed by atoms with van der Waals surface area (Å²) in [6, 6.07) is 3.43. The van der Waals surface area contributed by atoms with Crippen LogP contribution < -0.4 is 0 Å². The summed E-state index contributed by atoms with van der Waals surface area (Å²) in [4.78, 5) is 0.166. The number of alkyl halides is 6. The third-order valence-electron chi connectivity index (χ3n) is 3.06. The number of hydrogen-bond donors (Lipinski definition) is 0. The van der Waals surface area contributed by atoms with E-state index in [4.69, 9.17) is 46.4 Å². The first-order valence-electron chi connectivity index (χ1n) is 6.40. The molecule has 0 spiro atoms. The van der Waals surface area contributed by atoms with Crippen LogP contribution in [0.25, 0.3) is 5.69 Å². The minimum Gasteiger partial charge on any atom is -0.303 e. The van der Waals surface area contributed by atoms with Gasteiger partial charge in [-0.15, -0.1) is 11.8 Å². The van der Waals surface area contributed by atoms with Gasteiger partial charge in [-0.1, -0.05) is 46.4 Å². The average molecular weight is 484 g/mol. The number of hydrogen-bond acceptors (Lipinski definition) is 3. The Morgan fingerprint density at radius 2 is 1.73 bits per heavy atom. The van der Waals surface area contributed by atoms with E-state index in [2.05, 4.69) is 0 Å². The predicted molar refractivity (Wildman–Crippen MR) is 98.7 cm³/mol. The zero-order valence-electron chi connectivity index (χ0n) is 12.5. The van der Waals surface area contributed by atoms with Gasteiger partial charge in [-0.2, -0.15) is 22.8 Å². The Labute approximate surface area is 174 Å². The number of nitrogens with zero attached hydrogens (tertiary/aromatic N) is 2. The fourth-order valence-corrected chi connectivity index (χ4v) is 4.55. The summed E-state index contributed by atoms with van der Waals surface area (Å²) < 4.78 is 50.9. The van der Waals surface area contributed by atoms with Gasteiger partial charge in [-0.05, 0) is 30.2 Å². The smallest absolute Gasteiger partial charge is 0.303 e. The number of rotatable bonds is 4. The molecule has 0 radical (unpaired) electrons. The molecule has 0 saturated carbocycles. The fourth-order valence-electron chi connectivity index (χ4n) is 2.05. The molecule has 2 aromatic rings. The molecule has 2 rings (SSSR count). The molecular formula is C14H6Cl4F4N2S2. The van der Waals surface area contributed by atoms with Crippen LogP contribution >= 0.6 is 69.9 Å². The Morgan fingerprint density at radius 3 is 2.19 bits per heavy atom. The molecule has 0 saturated heterocycles. The van der Waals surface area contributed by atoms with Crippen molar-refractivity contribution in [3.05, 3.63) is 39.6 Å². The fraction of sp³-hybridized carbons (Fsp3) is 0.214. The highest BCUT2D eigenvalue weighted by Gasteiger charge is 2.33. The minimum atomic E-state index is -4.59. The molecule has 2 nitrogen and oxygen atoms in total. The maximum Gasteiger partial charge on any atom is 0.416 e. The number of halogens is 8. The van der Waals surface area contributed by atoms with Crippen molar-refractivity contribution in [1.82, 2.24) is 4.57 Å². The van der Waals surface area contributed by atoms with Gasteiger partial charge in [-0.3, -0.25) is 0 Å². The van der Waals surface area contributed by atoms with E-state index < -0.39 is 15.7 Å². The topological polar surface area (TPSA) is 28.7 Å². The van der Waals surface area contributed by atoms with Gasteiger partial charge in [0.2, 0.25) is 0 Å². The second-order valence-electron chi connectivity index (χ2n) is 4.70. The predicted octanol–water partition coefficient (Wildman–Crippen LogP) is 7.55. The van der Waals surface area contributed by atoms with E-state index in [0.717, 1.165) is 23.9 Å². The molecule has 0 atom stereocenters. The van der Waals surface area contributed by atoms with Crippen molar-refractivity contribution < 1.29 is 17.6 Å². The average Bonchev–Trinajstić information content (AvgIpc) is 2.78. The molecule has 0 amide bonds. The third kappa shape index (κ3) is 4.70. The van der Waals surface area contributed by atoms with Crippen molar-refractivity contribution in [2.45, 2.75) is 19.9 Å². The Kier molecular flexibility index (Phi) is 6.64. The van der Waals surface area contributed by atoms with Crippen LogP contribution in [0.1, 0.15) is 11.1 Å². The van der Waals surface area contributed by atoms with Gasteiger partial charge < -0.3 is 4.57 Å². The number of nitriles is 1. The Balaban J connectivity index is 2.71. The lowest BCUT2D eigenvalue weighted by atomic mass is 10.2. The Morgan fingerprint density at radius 1 is 1.12 bits per heavy atom. The van der Waals surface area contributed by atoms with Gasteiger partial charge in [0.25, 0.3) is 0 Å². The SMILES string of the molecule is CSc1cc(C(F)(F)F)cc(Cl)c1-n1cc(SC(F)(Cl)Cl)c(C#N)c1Cl. The molecule has 1 aromatic heterocycles. The van der Waals surface area contributed by atoms with Crippen LogP contribution in [0.15, 0.2) is 28.1 Å². The molecule has 0 aliphatic rings. The lowest BCUT2D eigenvalue weighted by Crippen LogP contribution is -2.07. The highest BCUT2D eigenvalue weighted by molar-refractivity contribution is 8.03. The first-order valence-corrected chi connectivity index (χ1v) is 9.96. The number of thioether (sulfide) groups is 2. The molecule has 0 aliphatic carbocycles. The van der Waals surface area contributed by atoms with Crippen molar-refractivity contribution in [2.75, 3.05) is 6.26 Å². The van der Waals surface area contributed by atoms with Crippen molar-refractivity contribution in [2.24, 2.45) is 0 Å². The molecular weight excluding hydrogens is 478 g/mol. The molecule has 0 fully saturated rings. The standard InChI is InChI=1S/C14H6Cl4F4N2S2/c1-25-9-3-6(13(19,20)21)2-8(15)11(9)24-5-10(26-14(17,18)22)7(4-23)12(24)16/h2-3,5H,1H3. The third-order valence-corrected chi connectivity index (χ3v) is 5.70. The van der Waals surface area contributed by atoms with Crippen LogP contribution in [0.4, 0.5) is 17.6 Å². The van der Waals surface area contributed by atoms with Gasteiger partial charge in [0, 0.05) is 11.1 Å². The zero-order valence-corrected chi connectivity index (χ0v) is 17.1. The van der Waals surface area contributed by atoms with Crippen molar-refractivity contribution in [1.29, 1.82) is 5.26 Å².